The maximum Gasteiger partial charge on any atom is 0.293 e. The van der Waals surface area contributed by atoms with Crippen molar-refractivity contribution >= 4 is 6.47 Å². The highest BCUT2D eigenvalue weighted by Crippen LogP contribution is 1.94. The molecule has 0 radical (unpaired) electrons. The molecule has 0 aliphatic heterocycles. The van der Waals surface area contributed by atoms with Crippen LogP contribution in [0.3, 0.4) is 0 Å². The monoisotopic (exact) mass is 183 g/mol. The van der Waals surface area contributed by atoms with Crippen LogP contribution in [0.5, 0.6) is 0 Å². The van der Waals surface area contributed by atoms with Gasteiger partial charge in [-0.3, -0.25) is 4.79 Å². The Morgan fingerprint density at radius 1 is 1.62 bits per heavy atom. The van der Waals surface area contributed by atoms with Gasteiger partial charge >= 0.3 is 0 Å². The summed E-state index contributed by atoms with van der Waals surface area (Å²) in [5.41, 5.74) is 0. The number of rotatable bonds is 7. The van der Waals surface area contributed by atoms with Crippen LogP contribution in [-0.2, 0) is 9.53 Å². The van der Waals surface area contributed by atoms with Gasteiger partial charge in [-0.1, -0.05) is 12.2 Å². The smallest absolute Gasteiger partial charge is 0.293 e. The van der Waals surface area contributed by atoms with E-state index in [1.807, 2.05) is 37.2 Å². The van der Waals surface area contributed by atoms with E-state index in [0.717, 1.165) is 6.42 Å². The van der Waals surface area contributed by atoms with E-state index in [1.165, 1.54) is 0 Å². The Morgan fingerprint density at radius 2 is 2.31 bits per heavy atom. The topological polar surface area (TPSA) is 29.5 Å². The second-order valence-corrected chi connectivity index (χ2v) is 2.89. The van der Waals surface area contributed by atoms with E-state index >= 15 is 0 Å². The van der Waals surface area contributed by atoms with Gasteiger partial charge in [0.25, 0.3) is 6.47 Å². The molecule has 1 atom stereocenters. The van der Waals surface area contributed by atoms with Gasteiger partial charge in [0.15, 0.2) is 0 Å². The molecule has 0 spiro atoms. The predicted octanol–water partition coefficient (Wildman–Crippen LogP) is 1.57. The van der Waals surface area contributed by atoms with E-state index < -0.39 is 0 Å². The van der Waals surface area contributed by atoms with E-state index in [0.29, 0.717) is 13.0 Å². The predicted molar refractivity (Wildman–Crippen MR) is 53.2 cm³/mol. The average molecular weight is 183 g/mol. The highest BCUT2D eigenvalue weighted by molar-refractivity contribution is 5.37. The van der Waals surface area contributed by atoms with Crippen molar-refractivity contribution in [2.24, 2.45) is 0 Å². The van der Waals surface area contributed by atoms with Gasteiger partial charge < -0.3 is 9.64 Å². The lowest BCUT2D eigenvalue weighted by Gasteiger charge is -2.17. The van der Waals surface area contributed by atoms with Crippen molar-refractivity contribution < 1.29 is 9.53 Å². The van der Waals surface area contributed by atoms with Crippen LogP contribution in [0.2, 0.25) is 0 Å². The van der Waals surface area contributed by atoms with Crippen LogP contribution in [0.15, 0.2) is 24.9 Å². The molecule has 0 aliphatic rings. The lowest BCUT2D eigenvalue weighted by Crippen LogP contribution is -2.24. The fourth-order valence-electron chi connectivity index (χ4n) is 0.941. The number of ether oxygens (including phenoxy) is 1. The van der Waals surface area contributed by atoms with Crippen molar-refractivity contribution in [3.05, 3.63) is 24.9 Å². The largest absolute Gasteiger partial charge is 0.463 e. The lowest BCUT2D eigenvalue weighted by molar-refractivity contribution is -0.133. The number of likely N-dealkylation sites (N-methyl/N-ethyl adjacent to an activating group) is 1. The van der Waals surface area contributed by atoms with Gasteiger partial charge in [0, 0.05) is 7.05 Å². The molecular formula is C10H17NO2. The molecule has 3 heteroatoms. The number of hydrogen-bond donors (Lipinski definition) is 0. The van der Waals surface area contributed by atoms with E-state index in [4.69, 9.17) is 4.74 Å². The standard InChI is InChI=1S/C10H17NO2/c1-4-5-6-7-11(3)8-10(2)13-9-12/h4,6-7,9-10H,1,5,8H2,2-3H3/b7-6+. The zero-order valence-corrected chi connectivity index (χ0v) is 8.27. The zero-order valence-electron chi connectivity index (χ0n) is 8.27. The fraction of sp³-hybridized carbons (Fsp3) is 0.500. The number of allylic oxidation sites excluding steroid dienone is 2. The van der Waals surface area contributed by atoms with Crippen LogP contribution in [0.4, 0.5) is 0 Å². The molecule has 0 aliphatic carbocycles. The van der Waals surface area contributed by atoms with Gasteiger partial charge in [-0.15, -0.1) is 6.58 Å². The summed E-state index contributed by atoms with van der Waals surface area (Å²) in [5, 5.41) is 0. The van der Waals surface area contributed by atoms with Crippen LogP contribution in [0.25, 0.3) is 0 Å². The van der Waals surface area contributed by atoms with Gasteiger partial charge in [-0.05, 0) is 19.5 Å². The number of nitrogens with zero attached hydrogens (tertiary/aromatic N) is 1. The number of carbonyl (C=O) groups excluding carboxylic acids is 1. The fourth-order valence-corrected chi connectivity index (χ4v) is 0.941. The van der Waals surface area contributed by atoms with Crippen LogP contribution in [-0.4, -0.2) is 31.1 Å². The van der Waals surface area contributed by atoms with Crippen LogP contribution >= 0.6 is 0 Å². The Labute approximate surface area is 79.7 Å². The summed E-state index contributed by atoms with van der Waals surface area (Å²) >= 11 is 0. The highest BCUT2D eigenvalue weighted by Gasteiger charge is 2.02. The average Bonchev–Trinajstić information content (AvgIpc) is 2.05. The van der Waals surface area contributed by atoms with Crippen molar-refractivity contribution in [2.75, 3.05) is 13.6 Å². The molecule has 0 heterocycles. The minimum Gasteiger partial charge on any atom is -0.463 e. The summed E-state index contributed by atoms with van der Waals surface area (Å²) in [4.78, 5) is 12.0. The Hall–Kier alpha value is -1.25. The molecule has 0 aromatic rings. The normalized spacial score (nSPS) is 12.5. The minimum atomic E-state index is -0.0733. The van der Waals surface area contributed by atoms with E-state index in [9.17, 15) is 4.79 Å². The first kappa shape index (κ1) is 11.8. The Kier molecular flexibility index (Phi) is 6.69. The Balaban J connectivity index is 3.65. The molecule has 0 N–H and O–H groups in total. The van der Waals surface area contributed by atoms with Crippen molar-refractivity contribution in [3.63, 3.8) is 0 Å². The van der Waals surface area contributed by atoms with Gasteiger partial charge in [0.2, 0.25) is 0 Å². The van der Waals surface area contributed by atoms with E-state index in [-0.39, 0.29) is 6.10 Å². The minimum absolute atomic E-state index is 0.0733. The van der Waals surface area contributed by atoms with Gasteiger partial charge in [-0.2, -0.15) is 0 Å². The molecule has 0 saturated carbocycles. The second-order valence-electron chi connectivity index (χ2n) is 2.89. The summed E-state index contributed by atoms with van der Waals surface area (Å²) in [6.07, 6.45) is 6.56. The summed E-state index contributed by atoms with van der Waals surface area (Å²) in [5.74, 6) is 0. The lowest BCUT2D eigenvalue weighted by atomic mass is 10.3. The molecule has 0 saturated heterocycles. The molecule has 13 heavy (non-hydrogen) atoms. The van der Waals surface area contributed by atoms with E-state index in [2.05, 4.69) is 6.58 Å². The van der Waals surface area contributed by atoms with E-state index in [1.54, 1.807) is 0 Å². The molecule has 0 amide bonds. The summed E-state index contributed by atoms with van der Waals surface area (Å²) < 4.78 is 4.74. The molecule has 3 nitrogen and oxygen atoms in total. The molecule has 1 unspecified atom stereocenters. The maximum atomic E-state index is 9.99. The second kappa shape index (κ2) is 7.40. The molecule has 0 rings (SSSR count). The quantitative estimate of drug-likeness (QED) is 0.443. The molecule has 0 fully saturated rings. The zero-order chi connectivity index (χ0) is 10.1. The third kappa shape index (κ3) is 7.12. The van der Waals surface area contributed by atoms with Gasteiger partial charge in [-0.25, -0.2) is 0 Å². The van der Waals surface area contributed by atoms with Crippen molar-refractivity contribution in [1.82, 2.24) is 4.90 Å². The SMILES string of the molecule is C=CC/C=C/N(C)CC(C)OC=O. The molecule has 0 aromatic carbocycles. The molecular weight excluding hydrogens is 166 g/mol. The Bertz CT molecular complexity index is 178. The highest BCUT2D eigenvalue weighted by atomic mass is 16.5. The molecule has 0 bridgehead atoms. The first-order valence-electron chi connectivity index (χ1n) is 4.27. The first-order valence-corrected chi connectivity index (χ1v) is 4.27. The summed E-state index contributed by atoms with van der Waals surface area (Å²) in [6, 6.07) is 0. The number of carbonyl (C=O) groups is 1. The first-order chi connectivity index (χ1) is 6.20. The van der Waals surface area contributed by atoms with Crippen LogP contribution < -0.4 is 0 Å². The van der Waals surface area contributed by atoms with Gasteiger partial charge in [0.05, 0.1) is 6.54 Å². The van der Waals surface area contributed by atoms with Gasteiger partial charge in [0.1, 0.15) is 6.10 Å². The third-order valence-electron chi connectivity index (χ3n) is 1.50. The van der Waals surface area contributed by atoms with Crippen molar-refractivity contribution in [2.45, 2.75) is 19.4 Å². The van der Waals surface area contributed by atoms with Crippen LogP contribution in [0, 0.1) is 0 Å². The van der Waals surface area contributed by atoms with Crippen molar-refractivity contribution in [3.8, 4) is 0 Å². The Morgan fingerprint density at radius 3 is 2.85 bits per heavy atom. The molecule has 74 valence electrons. The summed E-state index contributed by atoms with van der Waals surface area (Å²) in [7, 11) is 1.93. The number of hydrogen-bond acceptors (Lipinski definition) is 3. The maximum absolute atomic E-state index is 9.99. The third-order valence-corrected chi connectivity index (χ3v) is 1.50. The van der Waals surface area contributed by atoms with Crippen LogP contribution in [0.1, 0.15) is 13.3 Å². The summed E-state index contributed by atoms with van der Waals surface area (Å²) in [6.45, 7) is 6.64. The van der Waals surface area contributed by atoms with Crippen molar-refractivity contribution in [1.29, 1.82) is 0 Å². The molecule has 0 aromatic heterocycles.